The predicted molar refractivity (Wildman–Crippen MR) is 75.5 cm³/mol. The second-order valence-corrected chi connectivity index (χ2v) is 4.92. The molecular weight excluding hydrogens is 323 g/mol. The first kappa shape index (κ1) is 15.1. The molecule has 1 atom stereocenters. The summed E-state index contributed by atoms with van der Waals surface area (Å²) in [4.78, 5) is 16.4. The molecule has 6 nitrogen and oxygen atoms in total. The van der Waals surface area contributed by atoms with E-state index < -0.39 is 4.92 Å². The summed E-state index contributed by atoms with van der Waals surface area (Å²) in [6.45, 7) is 4.44. The van der Waals surface area contributed by atoms with Gasteiger partial charge in [-0.05, 0) is 38.8 Å². The minimum absolute atomic E-state index is 0. The van der Waals surface area contributed by atoms with Gasteiger partial charge in [0.15, 0.2) is 6.20 Å². The molecule has 1 N–H and O–H groups in total. The van der Waals surface area contributed by atoms with Crippen molar-refractivity contribution < 1.29 is 4.92 Å². The number of halogens is 2. The van der Waals surface area contributed by atoms with Gasteiger partial charge in [-0.25, -0.2) is 0 Å². The Bertz CT molecular complexity index is 446. The van der Waals surface area contributed by atoms with Crippen LogP contribution in [0.25, 0.3) is 0 Å². The minimum Gasteiger partial charge on any atom is -0.359 e. The number of nitro groups is 1. The number of aromatic nitrogens is 1. The number of piperazine rings is 1. The van der Waals surface area contributed by atoms with E-state index in [1.807, 2.05) is 11.8 Å². The number of nitrogens with zero attached hydrogens (tertiary/aromatic N) is 3. The van der Waals surface area contributed by atoms with Gasteiger partial charge < -0.3 is 20.3 Å². The number of hydrogen-bond donors (Lipinski definition) is 1. The van der Waals surface area contributed by atoms with E-state index in [0.717, 1.165) is 24.1 Å². The Kier molecular flexibility index (Phi) is 5.30. The second kappa shape index (κ2) is 6.31. The molecule has 1 saturated heterocycles. The molecule has 0 unspecified atom stereocenters. The molecule has 1 aromatic rings. The molecule has 0 radical (unpaired) electrons. The zero-order valence-corrected chi connectivity index (χ0v) is 12.2. The highest BCUT2D eigenvalue weighted by Crippen LogP contribution is 2.30. The highest BCUT2D eigenvalue weighted by molar-refractivity contribution is 9.10. The summed E-state index contributed by atoms with van der Waals surface area (Å²) in [5, 5.41) is 14.2. The van der Waals surface area contributed by atoms with Crippen molar-refractivity contribution in [1.82, 2.24) is 10.3 Å². The van der Waals surface area contributed by atoms with Crippen LogP contribution in [-0.4, -0.2) is 35.6 Å². The maximum atomic E-state index is 11.0. The van der Waals surface area contributed by atoms with Crippen LogP contribution in [0.3, 0.4) is 0 Å². The molecule has 1 fully saturated rings. The number of pyridine rings is 1. The maximum absolute atomic E-state index is 11.0. The third kappa shape index (κ3) is 3.09. The van der Waals surface area contributed by atoms with Crippen LogP contribution in [0.4, 0.5) is 11.5 Å². The van der Waals surface area contributed by atoms with Crippen LogP contribution in [0.2, 0.25) is 0 Å². The first-order valence-electron chi connectivity index (χ1n) is 5.37. The van der Waals surface area contributed by atoms with E-state index in [-0.39, 0.29) is 24.3 Å². The predicted octanol–water partition coefficient (Wildman–Crippen LogP) is 1.97. The fourth-order valence-corrected chi connectivity index (χ4v) is 2.29. The summed E-state index contributed by atoms with van der Waals surface area (Å²) in [5.74, 6) is -0.0815. The Morgan fingerprint density at radius 3 is 3.00 bits per heavy atom. The van der Waals surface area contributed by atoms with Crippen molar-refractivity contribution in [3.8, 4) is 0 Å². The van der Waals surface area contributed by atoms with E-state index in [9.17, 15) is 10.1 Å². The van der Waals surface area contributed by atoms with Gasteiger partial charge in [0.05, 0.1) is 4.47 Å². The van der Waals surface area contributed by atoms with Crippen molar-refractivity contribution in [1.29, 1.82) is 0 Å². The van der Waals surface area contributed by atoms with Crippen LogP contribution in [0, 0.1) is 10.1 Å². The van der Waals surface area contributed by atoms with Crippen molar-refractivity contribution >= 4 is 39.8 Å². The number of nitrogens with one attached hydrogen (secondary N) is 1. The van der Waals surface area contributed by atoms with Gasteiger partial charge in [0, 0.05) is 25.7 Å². The molecule has 18 heavy (non-hydrogen) atoms. The highest BCUT2D eigenvalue weighted by Gasteiger charge is 2.26. The summed E-state index contributed by atoms with van der Waals surface area (Å²) in [5.41, 5.74) is 0.582. The van der Waals surface area contributed by atoms with Gasteiger partial charge in [-0.1, -0.05) is 0 Å². The van der Waals surface area contributed by atoms with Gasteiger partial charge >= 0.3 is 5.82 Å². The molecule has 0 amide bonds. The number of anilines is 1. The minimum atomic E-state index is -0.434. The molecule has 0 aromatic carbocycles. The SMILES string of the molecule is C[C@H]1CNCCN1c1cc(Br)cnc1[N+](=O)[O-].Cl. The Labute approximate surface area is 119 Å². The van der Waals surface area contributed by atoms with Crippen LogP contribution in [-0.2, 0) is 0 Å². The molecule has 2 rings (SSSR count). The average molecular weight is 338 g/mol. The van der Waals surface area contributed by atoms with Crippen molar-refractivity contribution in [2.45, 2.75) is 13.0 Å². The fraction of sp³-hybridized carbons (Fsp3) is 0.500. The van der Waals surface area contributed by atoms with E-state index >= 15 is 0 Å². The Balaban J connectivity index is 0.00000162. The Hall–Kier alpha value is -0.920. The second-order valence-electron chi connectivity index (χ2n) is 4.00. The lowest BCUT2D eigenvalue weighted by molar-refractivity contribution is -0.388. The largest absolute Gasteiger partial charge is 0.387 e. The van der Waals surface area contributed by atoms with Gasteiger partial charge in [-0.3, -0.25) is 0 Å². The van der Waals surface area contributed by atoms with Gasteiger partial charge in [-0.2, -0.15) is 0 Å². The fourth-order valence-electron chi connectivity index (χ4n) is 1.97. The van der Waals surface area contributed by atoms with Crippen LogP contribution in [0.5, 0.6) is 0 Å². The topological polar surface area (TPSA) is 71.3 Å². The average Bonchev–Trinajstić information content (AvgIpc) is 2.29. The summed E-state index contributed by atoms with van der Waals surface area (Å²) in [6.07, 6.45) is 1.45. The lowest BCUT2D eigenvalue weighted by Crippen LogP contribution is -2.50. The third-order valence-corrected chi connectivity index (χ3v) is 3.23. The van der Waals surface area contributed by atoms with Gasteiger partial charge in [-0.15, -0.1) is 12.4 Å². The normalized spacial score (nSPS) is 19.2. The molecule has 1 aromatic heterocycles. The quantitative estimate of drug-likeness (QED) is 0.660. The monoisotopic (exact) mass is 336 g/mol. The molecule has 0 aliphatic carbocycles. The van der Waals surface area contributed by atoms with Crippen LogP contribution >= 0.6 is 28.3 Å². The smallest absolute Gasteiger partial charge is 0.359 e. The molecule has 0 bridgehead atoms. The lowest BCUT2D eigenvalue weighted by atomic mass is 10.2. The first-order valence-corrected chi connectivity index (χ1v) is 6.16. The Morgan fingerprint density at radius 1 is 1.67 bits per heavy atom. The summed E-state index contributed by atoms with van der Waals surface area (Å²) in [7, 11) is 0. The summed E-state index contributed by atoms with van der Waals surface area (Å²) >= 11 is 3.30. The van der Waals surface area contributed by atoms with Crippen molar-refractivity contribution in [2.24, 2.45) is 0 Å². The lowest BCUT2D eigenvalue weighted by Gasteiger charge is -2.35. The number of hydrogen-bond acceptors (Lipinski definition) is 5. The van der Waals surface area contributed by atoms with E-state index in [0.29, 0.717) is 5.69 Å². The molecule has 100 valence electrons. The summed E-state index contributed by atoms with van der Waals surface area (Å²) < 4.78 is 0.754. The zero-order valence-electron chi connectivity index (χ0n) is 9.80. The molecule has 0 spiro atoms. The van der Waals surface area contributed by atoms with E-state index in [2.05, 4.69) is 26.2 Å². The van der Waals surface area contributed by atoms with Crippen molar-refractivity contribution in [3.05, 3.63) is 26.9 Å². The van der Waals surface area contributed by atoms with Gasteiger partial charge in [0.1, 0.15) is 5.69 Å². The molecule has 0 saturated carbocycles. The van der Waals surface area contributed by atoms with Gasteiger partial charge in [0.2, 0.25) is 0 Å². The maximum Gasteiger partial charge on any atom is 0.387 e. The highest BCUT2D eigenvalue weighted by atomic mass is 79.9. The van der Waals surface area contributed by atoms with E-state index in [1.165, 1.54) is 6.20 Å². The number of rotatable bonds is 2. The Morgan fingerprint density at radius 2 is 2.39 bits per heavy atom. The summed E-state index contributed by atoms with van der Waals surface area (Å²) in [6, 6.07) is 1.98. The molecule has 2 heterocycles. The van der Waals surface area contributed by atoms with Crippen molar-refractivity contribution in [2.75, 3.05) is 24.5 Å². The molecular formula is C10H14BrClN4O2. The standard InChI is InChI=1S/C10H13BrN4O2.ClH/c1-7-5-12-2-3-14(7)9-4-8(11)6-13-10(9)15(16)17;/h4,6-7,12H,2-3,5H2,1H3;1H/t7-;/m0./s1. The first-order chi connectivity index (χ1) is 8.09. The van der Waals surface area contributed by atoms with Crippen LogP contribution in [0.15, 0.2) is 16.7 Å². The van der Waals surface area contributed by atoms with E-state index in [4.69, 9.17) is 0 Å². The van der Waals surface area contributed by atoms with Crippen LogP contribution < -0.4 is 10.2 Å². The molecule has 1 aliphatic rings. The third-order valence-electron chi connectivity index (χ3n) is 2.80. The van der Waals surface area contributed by atoms with Crippen LogP contribution in [0.1, 0.15) is 6.92 Å². The molecule has 8 heteroatoms. The van der Waals surface area contributed by atoms with Gasteiger partial charge in [0.25, 0.3) is 0 Å². The van der Waals surface area contributed by atoms with Crippen molar-refractivity contribution in [3.63, 3.8) is 0 Å². The molecule has 1 aliphatic heterocycles. The zero-order chi connectivity index (χ0) is 12.4. The van der Waals surface area contributed by atoms with E-state index in [1.54, 1.807) is 6.07 Å².